The van der Waals surface area contributed by atoms with Crippen LogP contribution >= 0.6 is 0 Å². The average Bonchev–Trinajstić information content (AvgIpc) is 2.68. The van der Waals surface area contributed by atoms with Gasteiger partial charge in [-0.1, -0.05) is 0 Å². The minimum absolute atomic E-state index is 0.203. The van der Waals surface area contributed by atoms with Gasteiger partial charge in [0.15, 0.2) is 0 Å². The van der Waals surface area contributed by atoms with Crippen LogP contribution in [-0.4, -0.2) is 29.6 Å². The Hall–Kier alpha value is -1.49. The molecule has 0 radical (unpaired) electrons. The zero-order valence-electron chi connectivity index (χ0n) is 9.03. The molecule has 1 aliphatic rings. The molecule has 0 unspecified atom stereocenters. The van der Waals surface area contributed by atoms with Crippen molar-refractivity contribution in [2.45, 2.75) is 25.6 Å². The number of carbonyl (C=O) groups excluding carboxylic acids is 1. The van der Waals surface area contributed by atoms with E-state index in [1.807, 2.05) is 13.0 Å². The Labute approximate surface area is 93.3 Å². The van der Waals surface area contributed by atoms with E-state index in [2.05, 4.69) is 15.6 Å². The highest BCUT2D eigenvalue weighted by molar-refractivity contribution is 5.94. The lowest BCUT2D eigenvalue weighted by molar-refractivity contribution is -0.117. The van der Waals surface area contributed by atoms with Gasteiger partial charge in [-0.25, -0.2) is 4.39 Å². The van der Waals surface area contributed by atoms with Gasteiger partial charge in [-0.05, 0) is 19.1 Å². The summed E-state index contributed by atoms with van der Waals surface area (Å²) in [6, 6.07) is 3.16. The van der Waals surface area contributed by atoms with Crippen molar-refractivity contribution in [2.75, 3.05) is 11.9 Å². The van der Waals surface area contributed by atoms with Crippen molar-refractivity contribution in [3.8, 4) is 0 Å². The van der Waals surface area contributed by atoms with Crippen LogP contribution in [0.2, 0.25) is 0 Å². The zero-order valence-corrected chi connectivity index (χ0v) is 9.03. The van der Waals surface area contributed by atoms with Gasteiger partial charge < -0.3 is 10.6 Å². The Morgan fingerprint density at radius 3 is 3.00 bits per heavy atom. The second-order valence-electron chi connectivity index (χ2n) is 3.97. The first-order valence-electron chi connectivity index (χ1n) is 5.26. The molecule has 0 aromatic carbocycles. The van der Waals surface area contributed by atoms with Gasteiger partial charge in [0.2, 0.25) is 5.91 Å². The summed E-state index contributed by atoms with van der Waals surface area (Å²) in [7, 11) is 0. The molecule has 1 aromatic rings. The summed E-state index contributed by atoms with van der Waals surface area (Å²) in [5.41, 5.74) is 1.53. The molecule has 16 heavy (non-hydrogen) atoms. The van der Waals surface area contributed by atoms with Gasteiger partial charge >= 0.3 is 0 Å². The maximum absolute atomic E-state index is 12.9. The quantitative estimate of drug-likeness (QED) is 0.787. The minimum atomic E-state index is -0.924. The summed E-state index contributed by atoms with van der Waals surface area (Å²) in [5, 5.41) is 5.53. The number of alkyl halides is 1. The maximum atomic E-state index is 12.9. The predicted molar refractivity (Wildman–Crippen MR) is 58.9 cm³/mol. The highest BCUT2D eigenvalue weighted by Gasteiger charge is 2.29. The smallest absolute Gasteiger partial charge is 0.241 e. The molecule has 1 fully saturated rings. The van der Waals surface area contributed by atoms with E-state index in [9.17, 15) is 9.18 Å². The Kier molecular flexibility index (Phi) is 3.14. The van der Waals surface area contributed by atoms with Crippen molar-refractivity contribution in [1.29, 1.82) is 0 Å². The van der Waals surface area contributed by atoms with E-state index in [0.717, 1.165) is 5.69 Å². The maximum Gasteiger partial charge on any atom is 0.241 e. The highest BCUT2D eigenvalue weighted by Crippen LogP contribution is 2.12. The SMILES string of the molecule is Cc1ccc(NC(=O)[C@H]2C[C@H](F)CN2)cn1. The molecule has 0 saturated carbocycles. The van der Waals surface area contributed by atoms with Crippen LogP contribution in [0.3, 0.4) is 0 Å². The van der Waals surface area contributed by atoms with E-state index in [0.29, 0.717) is 5.69 Å². The summed E-state index contributed by atoms with van der Waals surface area (Å²) in [5.74, 6) is -0.203. The molecule has 5 heteroatoms. The number of hydrogen-bond donors (Lipinski definition) is 2. The molecular weight excluding hydrogens is 209 g/mol. The molecule has 1 aliphatic heterocycles. The Bertz CT molecular complexity index is 379. The van der Waals surface area contributed by atoms with Gasteiger partial charge in [0.05, 0.1) is 17.9 Å². The van der Waals surface area contributed by atoms with Crippen molar-refractivity contribution < 1.29 is 9.18 Å². The minimum Gasteiger partial charge on any atom is -0.323 e. The van der Waals surface area contributed by atoms with Gasteiger partial charge in [-0.15, -0.1) is 0 Å². The first kappa shape index (κ1) is 11.0. The number of hydrogen-bond acceptors (Lipinski definition) is 3. The fourth-order valence-electron chi connectivity index (χ4n) is 1.66. The fraction of sp³-hybridized carbons (Fsp3) is 0.455. The number of aromatic nitrogens is 1. The molecule has 2 atom stereocenters. The van der Waals surface area contributed by atoms with Crippen LogP contribution in [0.1, 0.15) is 12.1 Å². The van der Waals surface area contributed by atoms with Gasteiger partial charge in [-0.2, -0.15) is 0 Å². The summed E-state index contributed by atoms with van der Waals surface area (Å²) in [4.78, 5) is 15.7. The monoisotopic (exact) mass is 223 g/mol. The molecule has 1 aromatic heterocycles. The van der Waals surface area contributed by atoms with E-state index in [4.69, 9.17) is 0 Å². The lowest BCUT2D eigenvalue weighted by Gasteiger charge is -2.10. The Morgan fingerprint density at radius 1 is 1.62 bits per heavy atom. The summed E-state index contributed by atoms with van der Waals surface area (Å²) < 4.78 is 12.9. The third-order valence-electron chi connectivity index (χ3n) is 2.57. The summed E-state index contributed by atoms with van der Waals surface area (Å²) in [6.45, 7) is 2.13. The van der Waals surface area contributed by atoms with Crippen LogP contribution in [0, 0.1) is 6.92 Å². The van der Waals surface area contributed by atoms with Crippen LogP contribution in [0.5, 0.6) is 0 Å². The number of rotatable bonds is 2. The fourth-order valence-corrected chi connectivity index (χ4v) is 1.66. The van der Waals surface area contributed by atoms with Crippen molar-refractivity contribution in [3.05, 3.63) is 24.0 Å². The van der Waals surface area contributed by atoms with Crippen LogP contribution < -0.4 is 10.6 Å². The van der Waals surface area contributed by atoms with Gasteiger partial charge in [0.25, 0.3) is 0 Å². The molecule has 2 N–H and O–H groups in total. The predicted octanol–water partition coefficient (Wildman–Crippen LogP) is 1.03. The van der Waals surface area contributed by atoms with Crippen LogP contribution in [0.15, 0.2) is 18.3 Å². The average molecular weight is 223 g/mol. The summed E-state index contributed by atoms with van der Waals surface area (Å²) >= 11 is 0. The number of halogens is 1. The van der Waals surface area contributed by atoms with Crippen LogP contribution in [0.25, 0.3) is 0 Å². The number of amides is 1. The van der Waals surface area contributed by atoms with Gasteiger partial charge in [-0.3, -0.25) is 9.78 Å². The molecule has 2 heterocycles. The van der Waals surface area contributed by atoms with Crippen molar-refractivity contribution in [2.24, 2.45) is 0 Å². The third kappa shape index (κ3) is 2.55. The largest absolute Gasteiger partial charge is 0.323 e. The van der Waals surface area contributed by atoms with Gasteiger partial charge in [0.1, 0.15) is 6.17 Å². The topological polar surface area (TPSA) is 54.0 Å². The third-order valence-corrected chi connectivity index (χ3v) is 2.57. The molecule has 1 amide bonds. The normalized spacial score (nSPS) is 24.4. The molecule has 0 bridgehead atoms. The molecular formula is C11H14FN3O. The summed E-state index contributed by atoms with van der Waals surface area (Å²) in [6.07, 6.45) is 0.909. The highest BCUT2D eigenvalue weighted by atomic mass is 19.1. The molecule has 86 valence electrons. The Morgan fingerprint density at radius 2 is 2.44 bits per heavy atom. The lowest BCUT2D eigenvalue weighted by atomic mass is 10.2. The van der Waals surface area contributed by atoms with Crippen LogP contribution in [-0.2, 0) is 4.79 Å². The zero-order chi connectivity index (χ0) is 11.5. The number of carbonyl (C=O) groups is 1. The molecule has 2 rings (SSSR count). The standard InChI is InChI=1S/C11H14FN3O/c1-7-2-3-9(6-13-7)15-11(16)10-4-8(12)5-14-10/h2-3,6,8,10,14H,4-5H2,1H3,(H,15,16)/t8-,10+/m0/s1. The number of aryl methyl sites for hydroxylation is 1. The second kappa shape index (κ2) is 4.57. The van der Waals surface area contributed by atoms with E-state index in [1.165, 1.54) is 0 Å². The van der Waals surface area contributed by atoms with Crippen molar-refractivity contribution in [1.82, 2.24) is 10.3 Å². The number of pyridine rings is 1. The van der Waals surface area contributed by atoms with Crippen molar-refractivity contribution in [3.63, 3.8) is 0 Å². The molecule has 0 spiro atoms. The number of anilines is 1. The molecule has 4 nitrogen and oxygen atoms in total. The number of nitrogens with zero attached hydrogens (tertiary/aromatic N) is 1. The van der Waals surface area contributed by atoms with E-state index >= 15 is 0 Å². The van der Waals surface area contributed by atoms with Crippen molar-refractivity contribution >= 4 is 11.6 Å². The Balaban J connectivity index is 1.94. The first-order chi connectivity index (χ1) is 7.65. The number of nitrogens with one attached hydrogen (secondary N) is 2. The van der Waals surface area contributed by atoms with E-state index < -0.39 is 12.2 Å². The lowest BCUT2D eigenvalue weighted by Crippen LogP contribution is -2.35. The van der Waals surface area contributed by atoms with Crippen LogP contribution in [0.4, 0.5) is 10.1 Å². The van der Waals surface area contributed by atoms with E-state index in [1.54, 1.807) is 12.3 Å². The second-order valence-corrected chi connectivity index (χ2v) is 3.97. The molecule has 1 saturated heterocycles. The first-order valence-corrected chi connectivity index (χ1v) is 5.26. The van der Waals surface area contributed by atoms with E-state index in [-0.39, 0.29) is 18.9 Å². The van der Waals surface area contributed by atoms with Gasteiger partial charge in [0, 0.05) is 18.7 Å². The molecule has 0 aliphatic carbocycles.